The largest absolute Gasteiger partial charge is 0.487 e. The predicted octanol–water partition coefficient (Wildman–Crippen LogP) is 2.85. The Bertz CT molecular complexity index is 600. The first kappa shape index (κ1) is 18.2. The van der Waals surface area contributed by atoms with Gasteiger partial charge in [0.15, 0.2) is 11.6 Å². The van der Waals surface area contributed by atoms with Crippen LogP contribution in [0.5, 0.6) is 5.75 Å². The van der Waals surface area contributed by atoms with E-state index < -0.39 is 15.8 Å². The van der Waals surface area contributed by atoms with Gasteiger partial charge in [0.25, 0.3) is 0 Å². The molecule has 1 N–H and O–H groups in total. The van der Waals surface area contributed by atoms with Crippen LogP contribution in [0.15, 0.2) is 23.1 Å². The summed E-state index contributed by atoms with van der Waals surface area (Å²) in [7, 11) is -2.10. The number of methoxy groups -OCH3 is 1. The molecule has 0 spiro atoms. The van der Waals surface area contributed by atoms with E-state index in [1.165, 1.54) is 12.1 Å². The molecule has 0 heterocycles. The van der Waals surface area contributed by atoms with E-state index in [0.29, 0.717) is 19.6 Å². The number of hydrogen-bond donors (Lipinski definition) is 1. The normalized spacial score (nSPS) is 15.9. The van der Waals surface area contributed by atoms with Crippen LogP contribution in [0.1, 0.15) is 38.5 Å². The Balaban J connectivity index is 1.94. The zero-order chi connectivity index (χ0) is 16.7. The monoisotopic (exact) mass is 345 g/mol. The van der Waals surface area contributed by atoms with Gasteiger partial charge < -0.3 is 9.47 Å². The summed E-state index contributed by atoms with van der Waals surface area (Å²) in [5, 5.41) is 0. The molecule has 1 aromatic rings. The number of halogens is 1. The molecule has 0 saturated heterocycles. The van der Waals surface area contributed by atoms with Crippen molar-refractivity contribution >= 4 is 10.0 Å². The van der Waals surface area contributed by atoms with Crippen molar-refractivity contribution in [1.82, 2.24) is 4.72 Å². The van der Waals surface area contributed by atoms with Gasteiger partial charge in [-0.05, 0) is 56.7 Å². The van der Waals surface area contributed by atoms with Gasteiger partial charge in [-0.3, -0.25) is 0 Å². The van der Waals surface area contributed by atoms with Gasteiger partial charge >= 0.3 is 0 Å². The van der Waals surface area contributed by atoms with E-state index in [1.54, 1.807) is 7.11 Å². The molecule has 1 aromatic carbocycles. The van der Waals surface area contributed by atoms with Crippen LogP contribution in [0.2, 0.25) is 0 Å². The maximum Gasteiger partial charge on any atom is 0.240 e. The fraction of sp³-hybridized carbons (Fsp3) is 0.625. The average Bonchev–Trinajstić information content (AvgIpc) is 3.02. The standard InChI is InChI=1S/C16H24FNO4S/c1-21-11-5-4-10-18-23(19,20)14-8-9-16(15(17)12-14)22-13-6-2-3-7-13/h8-9,12-13,18H,2-7,10-11H2,1H3. The van der Waals surface area contributed by atoms with Crippen LogP contribution in [0.4, 0.5) is 4.39 Å². The zero-order valence-corrected chi connectivity index (χ0v) is 14.2. The van der Waals surface area contributed by atoms with Crippen molar-refractivity contribution in [2.75, 3.05) is 20.3 Å². The molecule has 1 saturated carbocycles. The Labute approximate surface area is 137 Å². The number of sulfonamides is 1. The third-order valence-corrected chi connectivity index (χ3v) is 5.34. The van der Waals surface area contributed by atoms with Crippen molar-refractivity contribution in [2.24, 2.45) is 0 Å². The first-order valence-electron chi connectivity index (χ1n) is 7.98. The number of rotatable bonds is 9. The third-order valence-electron chi connectivity index (χ3n) is 3.88. The number of unbranched alkanes of at least 4 members (excludes halogenated alkanes) is 1. The molecular formula is C16H24FNO4S. The summed E-state index contributed by atoms with van der Waals surface area (Å²) >= 11 is 0. The first-order chi connectivity index (χ1) is 11.0. The van der Waals surface area contributed by atoms with Gasteiger partial charge in [-0.1, -0.05) is 0 Å². The van der Waals surface area contributed by atoms with Gasteiger partial charge in [0.1, 0.15) is 0 Å². The fourth-order valence-corrected chi connectivity index (χ4v) is 3.68. The van der Waals surface area contributed by atoms with Crippen molar-refractivity contribution in [3.63, 3.8) is 0 Å². The minimum atomic E-state index is -3.70. The molecule has 0 atom stereocenters. The highest BCUT2D eigenvalue weighted by Crippen LogP contribution is 2.27. The van der Waals surface area contributed by atoms with Gasteiger partial charge in [-0.2, -0.15) is 0 Å². The smallest absolute Gasteiger partial charge is 0.240 e. The van der Waals surface area contributed by atoms with Crippen molar-refractivity contribution in [3.05, 3.63) is 24.0 Å². The molecule has 0 aliphatic heterocycles. The second-order valence-electron chi connectivity index (χ2n) is 5.71. The van der Waals surface area contributed by atoms with Gasteiger partial charge in [0.2, 0.25) is 10.0 Å². The van der Waals surface area contributed by atoms with Crippen LogP contribution < -0.4 is 9.46 Å². The molecule has 7 heteroatoms. The highest BCUT2D eigenvalue weighted by Gasteiger charge is 2.20. The van der Waals surface area contributed by atoms with E-state index in [0.717, 1.165) is 38.2 Å². The molecule has 0 unspecified atom stereocenters. The molecule has 1 fully saturated rings. The second kappa shape index (κ2) is 8.61. The third kappa shape index (κ3) is 5.44. The lowest BCUT2D eigenvalue weighted by Gasteiger charge is -2.14. The lowest BCUT2D eigenvalue weighted by atomic mass is 10.3. The Hall–Kier alpha value is -1.18. The van der Waals surface area contributed by atoms with Gasteiger partial charge in [-0.15, -0.1) is 0 Å². The second-order valence-corrected chi connectivity index (χ2v) is 7.48. The van der Waals surface area contributed by atoms with E-state index in [9.17, 15) is 12.8 Å². The molecule has 0 amide bonds. The van der Waals surface area contributed by atoms with Crippen LogP contribution in [0.3, 0.4) is 0 Å². The Morgan fingerprint density at radius 3 is 2.65 bits per heavy atom. The highest BCUT2D eigenvalue weighted by atomic mass is 32.2. The van der Waals surface area contributed by atoms with E-state index in [-0.39, 0.29) is 16.7 Å². The van der Waals surface area contributed by atoms with E-state index in [1.807, 2.05) is 0 Å². The summed E-state index contributed by atoms with van der Waals surface area (Å²) in [6.45, 7) is 0.886. The molecule has 0 radical (unpaired) electrons. The molecule has 130 valence electrons. The maximum absolute atomic E-state index is 14.1. The van der Waals surface area contributed by atoms with Crippen LogP contribution in [0, 0.1) is 5.82 Å². The summed E-state index contributed by atoms with van der Waals surface area (Å²) in [4.78, 5) is -0.0829. The first-order valence-corrected chi connectivity index (χ1v) is 9.46. The number of hydrogen-bond acceptors (Lipinski definition) is 4. The Morgan fingerprint density at radius 2 is 2.00 bits per heavy atom. The summed E-state index contributed by atoms with van der Waals surface area (Å²) in [6.07, 6.45) is 5.48. The van der Waals surface area contributed by atoms with E-state index in [4.69, 9.17) is 9.47 Å². The number of benzene rings is 1. The highest BCUT2D eigenvalue weighted by molar-refractivity contribution is 7.89. The average molecular weight is 345 g/mol. The maximum atomic E-state index is 14.1. The Morgan fingerprint density at radius 1 is 1.26 bits per heavy atom. The molecule has 23 heavy (non-hydrogen) atoms. The minimum absolute atomic E-state index is 0.0332. The lowest BCUT2D eigenvalue weighted by molar-refractivity contribution is 0.193. The fourth-order valence-electron chi connectivity index (χ4n) is 2.59. The quantitative estimate of drug-likeness (QED) is 0.699. The number of ether oxygens (including phenoxy) is 2. The van der Waals surface area contributed by atoms with Crippen LogP contribution in [-0.4, -0.2) is 34.8 Å². The summed E-state index contributed by atoms with van der Waals surface area (Å²) in [5.74, 6) is -0.518. The van der Waals surface area contributed by atoms with Crippen molar-refractivity contribution in [2.45, 2.75) is 49.5 Å². The molecule has 2 rings (SSSR count). The Kier molecular flexibility index (Phi) is 6.80. The van der Waals surface area contributed by atoms with Crippen molar-refractivity contribution < 1.29 is 22.3 Å². The van der Waals surface area contributed by atoms with Gasteiger partial charge in [0, 0.05) is 20.3 Å². The number of nitrogens with one attached hydrogen (secondary N) is 1. The molecule has 0 bridgehead atoms. The zero-order valence-electron chi connectivity index (χ0n) is 13.4. The topological polar surface area (TPSA) is 64.6 Å². The molecule has 5 nitrogen and oxygen atoms in total. The van der Waals surface area contributed by atoms with E-state index >= 15 is 0 Å². The van der Waals surface area contributed by atoms with Gasteiger partial charge in [-0.25, -0.2) is 17.5 Å². The molecule has 1 aliphatic rings. The predicted molar refractivity (Wildman–Crippen MR) is 85.6 cm³/mol. The molecular weight excluding hydrogens is 321 g/mol. The summed E-state index contributed by atoms with van der Waals surface area (Å²) in [6, 6.07) is 3.79. The molecule has 1 aliphatic carbocycles. The van der Waals surface area contributed by atoms with Crippen molar-refractivity contribution in [1.29, 1.82) is 0 Å². The lowest BCUT2D eigenvalue weighted by Crippen LogP contribution is -2.25. The summed E-state index contributed by atoms with van der Waals surface area (Å²) in [5.41, 5.74) is 0. The molecule has 0 aromatic heterocycles. The summed E-state index contributed by atoms with van der Waals surface area (Å²) < 4.78 is 51.3. The van der Waals surface area contributed by atoms with Gasteiger partial charge in [0.05, 0.1) is 11.0 Å². The van der Waals surface area contributed by atoms with E-state index in [2.05, 4.69) is 4.72 Å². The van der Waals surface area contributed by atoms with Crippen molar-refractivity contribution in [3.8, 4) is 5.75 Å². The van der Waals surface area contributed by atoms with Crippen LogP contribution in [0.25, 0.3) is 0 Å². The van der Waals surface area contributed by atoms with Crippen LogP contribution in [-0.2, 0) is 14.8 Å². The van der Waals surface area contributed by atoms with Crippen LogP contribution >= 0.6 is 0 Å². The minimum Gasteiger partial charge on any atom is -0.487 e. The SMILES string of the molecule is COCCCCNS(=O)(=O)c1ccc(OC2CCCC2)c(F)c1.